The van der Waals surface area contributed by atoms with Crippen LogP contribution < -0.4 is 4.74 Å². The van der Waals surface area contributed by atoms with E-state index in [1.807, 2.05) is 18.2 Å². The van der Waals surface area contributed by atoms with Gasteiger partial charge in [-0.15, -0.1) is 0 Å². The van der Waals surface area contributed by atoms with Crippen LogP contribution in [0.25, 0.3) is 21.8 Å². The average molecular weight is 404 g/mol. The summed E-state index contributed by atoms with van der Waals surface area (Å²) in [6, 6.07) is 11.8. The molecule has 4 aromatic rings. The second-order valence-corrected chi connectivity index (χ2v) is 8.42. The molecule has 5 nitrogen and oxygen atoms in total. The van der Waals surface area contributed by atoms with Crippen molar-refractivity contribution in [3.8, 4) is 11.5 Å². The van der Waals surface area contributed by atoms with Crippen LogP contribution in [0.15, 0.2) is 48.8 Å². The van der Waals surface area contributed by atoms with Gasteiger partial charge in [0.1, 0.15) is 11.5 Å². The molecule has 3 N–H and O–H groups in total. The van der Waals surface area contributed by atoms with Crippen molar-refractivity contribution in [2.75, 3.05) is 26.7 Å². The van der Waals surface area contributed by atoms with E-state index in [-0.39, 0.29) is 0 Å². The van der Waals surface area contributed by atoms with Gasteiger partial charge in [-0.1, -0.05) is 0 Å². The smallest absolute Gasteiger partial charge is 0.119 e. The summed E-state index contributed by atoms with van der Waals surface area (Å²) in [6.07, 6.45) is 8.86. The Morgan fingerprint density at radius 2 is 1.77 bits per heavy atom. The van der Waals surface area contributed by atoms with E-state index >= 15 is 0 Å². The zero-order valence-electron chi connectivity index (χ0n) is 17.4. The van der Waals surface area contributed by atoms with E-state index in [1.54, 1.807) is 13.2 Å². The van der Waals surface area contributed by atoms with E-state index in [9.17, 15) is 5.11 Å². The molecule has 1 fully saturated rings. The van der Waals surface area contributed by atoms with E-state index in [4.69, 9.17) is 4.74 Å². The van der Waals surface area contributed by atoms with Gasteiger partial charge in [0.15, 0.2) is 0 Å². The lowest BCUT2D eigenvalue weighted by molar-refractivity contribution is 0.211. The fourth-order valence-electron chi connectivity index (χ4n) is 4.92. The zero-order valence-corrected chi connectivity index (χ0v) is 17.4. The number of aromatic nitrogens is 2. The SMILES string of the molecule is COc1ccc2[nH]cc(CCCN3CCC(c4c[nH]c5ccc(O)cc45)CC3)c2c1. The molecule has 5 heteroatoms. The van der Waals surface area contributed by atoms with Gasteiger partial charge in [-0.25, -0.2) is 0 Å². The minimum Gasteiger partial charge on any atom is -0.508 e. The lowest BCUT2D eigenvalue weighted by atomic mass is 9.89. The maximum Gasteiger partial charge on any atom is 0.119 e. The van der Waals surface area contributed by atoms with Crippen molar-refractivity contribution < 1.29 is 9.84 Å². The number of methoxy groups -OCH3 is 1. The zero-order chi connectivity index (χ0) is 20.5. The molecule has 3 heterocycles. The van der Waals surface area contributed by atoms with E-state index in [1.165, 1.54) is 40.3 Å². The molecule has 0 unspecified atom stereocenters. The molecule has 1 saturated heterocycles. The summed E-state index contributed by atoms with van der Waals surface area (Å²) in [5.41, 5.74) is 5.02. The Morgan fingerprint density at radius 3 is 2.60 bits per heavy atom. The molecular formula is C25H29N3O2. The fourth-order valence-corrected chi connectivity index (χ4v) is 4.92. The van der Waals surface area contributed by atoms with Gasteiger partial charge < -0.3 is 24.7 Å². The van der Waals surface area contributed by atoms with Crippen LogP contribution in [0.2, 0.25) is 0 Å². The third kappa shape index (κ3) is 3.65. The molecule has 0 bridgehead atoms. The summed E-state index contributed by atoms with van der Waals surface area (Å²) >= 11 is 0. The lowest BCUT2D eigenvalue weighted by Gasteiger charge is -2.32. The molecule has 1 aliphatic heterocycles. The van der Waals surface area contributed by atoms with Gasteiger partial charge in [0.2, 0.25) is 0 Å². The summed E-state index contributed by atoms with van der Waals surface area (Å²) in [5.74, 6) is 1.82. The van der Waals surface area contributed by atoms with Crippen molar-refractivity contribution in [2.24, 2.45) is 0 Å². The standard InChI is InChI=1S/C25H29N3O2/c1-30-20-5-7-24-21(14-20)18(15-26-24)3-2-10-28-11-8-17(9-12-28)23-16-27-25-6-4-19(29)13-22(23)25/h4-7,13-17,26-27,29H,2-3,8-12H2,1H3. The van der Waals surface area contributed by atoms with Crippen LogP contribution in [0.4, 0.5) is 0 Å². The normalized spacial score (nSPS) is 15.9. The molecule has 2 aromatic heterocycles. The third-order valence-electron chi connectivity index (χ3n) is 6.62. The molecular weight excluding hydrogens is 374 g/mol. The number of phenols is 1. The molecule has 30 heavy (non-hydrogen) atoms. The molecule has 0 aliphatic carbocycles. The van der Waals surface area contributed by atoms with E-state index < -0.39 is 0 Å². The van der Waals surface area contributed by atoms with Crippen molar-refractivity contribution in [1.82, 2.24) is 14.9 Å². The number of ether oxygens (including phenoxy) is 1. The first-order valence-corrected chi connectivity index (χ1v) is 10.9. The van der Waals surface area contributed by atoms with E-state index in [0.29, 0.717) is 11.7 Å². The first-order chi connectivity index (χ1) is 14.7. The monoisotopic (exact) mass is 403 g/mol. The van der Waals surface area contributed by atoms with Crippen LogP contribution in [0.1, 0.15) is 36.3 Å². The van der Waals surface area contributed by atoms with Crippen molar-refractivity contribution in [2.45, 2.75) is 31.6 Å². The molecule has 2 aromatic carbocycles. The van der Waals surface area contributed by atoms with Crippen LogP contribution in [-0.2, 0) is 6.42 Å². The number of aromatic amines is 2. The van der Waals surface area contributed by atoms with Gasteiger partial charge in [-0.05, 0) is 98.8 Å². The number of aryl methyl sites for hydroxylation is 1. The number of piperidine rings is 1. The number of nitrogens with one attached hydrogen (secondary N) is 2. The number of aromatic hydroxyl groups is 1. The van der Waals surface area contributed by atoms with E-state index in [0.717, 1.165) is 43.7 Å². The van der Waals surface area contributed by atoms with Gasteiger partial charge in [0.05, 0.1) is 7.11 Å². The number of hydrogen-bond donors (Lipinski definition) is 3. The Kier molecular flexibility index (Phi) is 5.13. The molecule has 0 amide bonds. The highest BCUT2D eigenvalue weighted by Gasteiger charge is 2.22. The molecule has 0 spiro atoms. The summed E-state index contributed by atoms with van der Waals surface area (Å²) in [5, 5.41) is 12.3. The van der Waals surface area contributed by atoms with Crippen LogP contribution in [0, 0.1) is 0 Å². The highest BCUT2D eigenvalue weighted by molar-refractivity contribution is 5.85. The van der Waals surface area contributed by atoms with Gasteiger partial charge in [0, 0.05) is 34.2 Å². The minimum atomic E-state index is 0.343. The largest absolute Gasteiger partial charge is 0.508 e. The number of nitrogens with zero attached hydrogens (tertiary/aromatic N) is 1. The number of phenolic OH excluding ortho intramolecular Hbond substituents is 1. The molecule has 0 saturated carbocycles. The number of likely N-dealkylation sites (tertiary alicyclic amines) is 1. The topological polar surface area (TPSA) is 64.3 Å². The van der Waals surface area contributed by atoms with Crippen LogP contribution in [0.3, 0.4) is 0 Å². The Labute approximate surface area is 176 Å². The third-order valence-corrected chi connectivity index (χ3v) is 6.62. The van der Waals surface area contributed by atoms with Crippen LogP contribution >= 0.6 is 0 Å². The van der Waals surface area contributed by atoms with E-state index in [2.05, 4.69) is 39.4 Å². The van der Waals surface area contributed by atoms with Gasteiger partial charge in [-0.2, -0.15) is 0 Å². The predicted octanol–water partition coefficient (Wildman–Crippen LogP) is 5.18. The van der Waals surface area contributed by atoms with Crippen molar-refractivity contribution in [3.05, 3.63) is 59.9 Å². The summed E-state index contributed by atoms with van der Waals surface area (Å²) in [4.78, 5) is 9.33. The molecule has 156 valence electrons. The number of H-pyrrole nitrogens is 2. The van der Waals surface area contributed by atoms with Crippen molar-refractivity contribution >= 4 is 21.8 Å². The second kappa shape index (κ2) is 8.07. The molecule has 5 rings (SSSR count). The Balaban J connectivity index is 1.16. The second-order valence-electron chi connectivity index (χ2n) is 8.42. The average Bonchev–Trinajstić information content (AvgIpc) is 3.37. The maximum atomic E-state index is 9.85. The number of fused-ring (bicyclic) bond motifs is 2. The van der Waals surface area contributed by atoms with Crippen molar-refractivity contribution in [1.29, 1.82) is 0 Å². The highest BCUT2D eigenvalue weighted by Crippen LogP contribution is 2.34. The van der Waals surface area contributed by atoms with Gasteiger partial charge >= 0.3 is 0 Å². The van der Waals surface area contributed by atoms with Gasteiger partial charge in [-0.3, -0.25) is 0 Å². The highest BCUT2D eigenvalue weighted by atomic mass is 16.5. The van der Waals surface area contributed by atoms with Crippen LogP contribution in [-0.4, -0.2) is 46.7 Å². The summed E-state index contributed by atoms with van der Waals surface area (Å²) in [6.45, 7) is 3.41. The Morgan fingerprint density at radius 1 is 1.00 bits per heavy atom. The number of benzene rings is 2. The molecule has 0 radical (unpaired) electrons. The first kappa shape index (κ1) is 19.1. The quantitative estimate of drug-likeness (QED) is 0.416. The number of hydrogen-bond acceptors (Lipinski definition) is 3. The lowest BCUT2D eigenvalue weighted by Crippen LogP contribution is -2.33. The summed E-state index contributed by atoms with van der Waals surface area (Å²) in [7, 11) is 1.72. The fraction of sp³-hybridized carbons (Fsp3) is 0.360. The molecule has 1 aliphatic rings. The van der Waals surface area contributed by atoms with Crippen molar-refractivity contribution in [3.63, 3.8) is 0 Å². The maximum absolute atomic E-state index is 9.85. The Hall–Kier alpha value is -2.92. The number of rotatable bonds is 6. The minimum absolute atomic E-state index is 0.343. The predicted molar refractivity (Wildman–Crippen MR) is 122 cm³/mol. The van der Waals surface area contributed by atoms with Gasteiger partial charge in [0.25, 0.3) is 0 Å². The Bertz CT molecular complexity index is 1150. The molecule has 0 atom stereocenters. The van der Waals surface area contributed by atoms with Crippen LogP contribution in [0.5, 0.6) is 11.5 Å². The summed E-state index contributed by atoms with van der Waals surface area (Å²) < 4.78 is 5.38. The first-order valence-electron chi connectivity index (χ1n) is 10.9.